The normalized spacial score (nSPS) is 23.2. The van der Waals surface area contributed by atoms with E-state index in [-0.39, 0.29) is 30.1 Å². The molecule has 25 heavy (non-hydrogen) atoms. The van der Waals surface area contributed by atoms with Crippen LogP contribution in [0.3, 0.4) is 0 Å². The van der Waals surface area contributed by atoms with E-state index in [9.17, 15) is 5.11 Å². The van der Waals surface area contributed by atoms with Crippen LogP contribution in [0.2, 0.25) is 0 Å². The zero-order chi connectivity index (χ0) is 17.4. The van der Waals surface area contributed by atoms with Crippen LogP contribution < -0.4 is 5.32 Å². The van der Waals surface area contributed by atoms with Crippen LogP contribution in [0.5, 0.6) is 0 Å². The molecule has 2 saturated heterocycles. The number of hydrogen-bond acceptors (Lipinski definition) is 3. The lowest BCUT2D eigenvalue weighted by Crippen LogP contribution is -2.40. The van der Waals surface area contributed by atoms with Crippen molar-refractivity contribution in [1.82, 2.24) is 15.1 Å². The van der Waals surface area contributed by atoms with Crippen LogP contribution in [0.1, 0.15) is 52.9 Å². The number of aliphatic imine (C=N–C) groups is 1. The van der Waals surface area contributed by atoms with Crippen molar-refractivity contribution < 1.29 is 5.11 Å². The molecule has 0 aromatic carbocycles. The third-order valence-corrected chi connectivity index (χ3v) is 5.18. The van der Waals surface area contributed by atoms with Gasteiger partial charge in [-0.1, -0.05) is 13.8 Å². The monoisotopic (exact) mass is 466 g/mol. The van der Waals surface area contributed by atoms with Crippen molar-refractivity contribution in [2.75, 3.05) is 45.8 Å². The molecule has 2 fully saturated rings. The molecule has 148 valence electrons. The van der Waals surface area contributed by atoms with E-state index in [2.05, 4.69) is 35.9 Å². The van der Waals surface area contributed by atoms with Crippen molar-refractivity contribution in [2.45, 2.75) is 59.0 Å². The quantitative estimate of drug-likeness (QED) is 0.262. The van der Waals surface area contributed by atoms with E-state index in [1.807, 2.05) is 0 Å². The van der Waals surface area contributed by atoms with Gasteiger partial charge in [-0.05, 0) is 57.4 Å². The lowest BCUT2D eigenvalue weighted by molar-refractivity contribution is 0.0824. The van der Waals surface area contributed by atoms with Gasteiger partial charge in [0.2, 0.25) is 0 Å². The second-order valence-corrected chi connectivity index (χ2v) is 7.89. The minimum Gasteiger partial charge on any atom is -0.393 e. The highest BCUT2D eigenvalue weighted by molar-refractivity contribution is 14.0. The summed E-state index contributed by atoms with van der Waals surface area (Å²) in [4.78, 5) is 9.78. The first-order valence-electron chi connectivity index (χ1n) is 10.0. The lowest BCUT2D eigenvalue weighted by Gasteiger charge is -2.29. The fourth-order valence-corrected chi connectivity index (χ4v) is 3.93. The number of likely N-dealkylation sites (tertiary alicyclic amines) is 2. The van der Waals surface area contributed by atoms with Crippen LogP contribution in [0.15, 0.2) is 4.99 Å². The van der Waals surface area contributed by atoms with Crippen LogP contribution in [0, 0.1) is 11.8 Å². The standard InChI is InChI=1S/C19H38N4O.HI/c1-4-20-19(23-13-6-17(15-23)14-16(2)3)21-9-5-10-22-11-7-18(24)8-12-22;/h16-18,24H,4-15H2,1-3H3,(H,20,21);1H. The van der Waals surface area contributed by atoms with Gasteiger partial charge in [0, 0.05) is 39.3 Å². The number of nitrogens with zero attached hydrogens (tertiary/aromatic N) is 3. The first kappa shape index (κ1) is 23.0. The number of nitrogens with one attached hydrogen (secondary N) is 1. The molecule has 2 heterocycles. The molecule has 0 aromatic rings. The second-order valence-electron chi connectivity index (χ2n) is 7.89. The molecular formula is C19H39IN4O. The lowest BCUT2D eigenvalue weighted by atomic mass is 9.97. The van der Waals surface area contributed by atoms with Gasteiger partial charge in [-0.2, -0.15) is 0 Å². The van der Waals surface area contributed by atoms with Gasteiger partial charge in [0.05, 0.1) is 6.10 Å². The number of hydrogen-bond donors (Lipinski definition) is 2. The van der Waals surface area contributed by atoms with E-state index in [1.165, 1.54) is 12.8 Å². The highest BCUT2D eigenvalue weighted by atomic mass is 127. The summed E-state index contributed by atoms with van der Waals surface area (Å²) >= 11 is 0. The average molecular weight is 466 g/mol. The fourth-order valence-electron chi connectivity index (χ4n) is 3.93. The maximum absolute atomic E-state index is 9.57. The molecule has 0 bridgehead atoms. The van der Waals surface area contributed by atoms with Crippen LogP contribution in [-0.2, 0) is 0 Å². The Labute approximate surface area is 171 Å². The van der Waals surface area contributed by atoms with E-state index >= 15 is 0 Å². The number of piperidine rings is 1. The van der Waals surface area contributed by atoms with E-state index in [0.717, 1.165) is 82.9 Å². The molecule has 2 rings (SSSR count). The summed E-state index contributed by atoms with van der Waals surface area (Å²) in [5, 5.41) is 13.0. The first-order chi connectivity index (χ1) is 11.6. The highest BCUT2D eigenvalue weighted by Crippen LogP contribution is 2.23. The van der Waals surface area contributed by atoms with Crippen LogP contribution >= 0.6 is 24.0 Å². The van der Waals surface area contributed by atoms with Gasteiger partial charge >= 0.3 is 0 Å². The predicted octanol–water partition coefficient (Wildman–Crippen LogP) is 2.78. The molecule has 0 amide bonds. The molecule has 1 atom stereocenters. The van der Waals surface area contributed by atoms with Gasteiger partial charge in [-0.3, -0.25) is 4.99 Å². The van der Waals surface area contributed by atoms with Crippen molar-refractivity contribution in [2.24, 2.45) is 16.8 Å². The Morgan fingerprint density at radius 1 is 1.20 bits per heavy atom. The minimum atomic E-state index is -0.0754. The van der Waals surface area contributed by atoms with Crippen molar-refractivity contribution in [3.05, 3.63) is 0 Å². The Morgan fingerprint density at radius 2 is 1.92 bits per heavy atom. The predicted molar refractivity (Wildman–Crippen MR) is 117 cm³/mol. The summed E-state index contributed by atoms with van der Waals surface area (Å²) in [6, 6.07) is 0. The molecule has 2 aliphatic rings. The van der Waals surface area contributed by atoms with Crippen LogP contribution in [0.4, 0.5) is 0 Å². The third kappa shape index (κ3) is 8.43. The second kappa shape index (κ2) is 12.3. The van der Waals surface area contributed by atoms with Gasteiger partial charge < -0.3 is 20.2 Å². The van der Waals surface area contributed by atoms with E-state index < -0.39 is 0 Å². The number of halogens is 1. The number of aliphatic hydroxyl groups excluding tert-OH is 1. The Kier molecular flexibility index (Phi) is 11.3. The van der Waals surface area contributed by atoms with Crippen LogP contribution in [0.25, 0.3) is 0 Å². The van der Waals surface area contributed by atoms with E-state index in [4.69, 9.17) is 4.99 Å². The SMILES string of the molecule is CCNC(=NCCCN1CCC(O)CC1)N1CCC(CC(C)C)C1.I. The van der Waals surface area contributed by atoms with Gasteiger partial charge in [0.25, 0.3) is 0 Å². The van der Waals surface area contributed by atoms with Crippen molar-refractivity contribution in [3.63, 3.8) is 0 Å². The van der Waals surface area contributed by atoms with Gasteiger partial charge in [0.15, 0.2) is 5.96 Å². The summed E-state index contributed by atoms with van der Waals surface area (Å²) < 4.78 is 0. The molecule has 0 spiro atoms. The summed E-state index contributed by atoms with van der Waals surface area (Å²) in [5.41, 5.74) is 0. The molecule has 1 unspecified atom stereocenters. The smallest absolute Gasteiger partial charge is 0.193 e. The van der Waals surface area contributed by atoms with Crippen molar-refractivity contribution >= 4 is 29.9 Å². The Hall–Kier alpha value is -0.0800. The number of guanidine groups is 1. The molecule has 2 aliphatic heterocycles. The van der Waals surface area contributed by atoms with Crippen LogP contribution in [-0.4, -0.2) is 72.8 Å². The minimum absolute atomic E-state index is 0. The molecule has 0 aliphatic carbocycles. The summed E-state index contributed by atoms with van der Waals surface area (Å²) in [6.07, 6.45) is 5.52. The third-order valence-electron chi connectivity index (χ3n) is 5.18. The molecule has 6 heteroatoms. The number of rotatable bonds is 7. The first-order valence-corrected chi connectivity index (χ1v) is 10.0. The highest BCUT2D eigenvalue weighted by Gasteiger charge is 2.25. The zero-order valence-corrected chi connectivity index (χ0v) is 18.7. The van der Waals surface area contributed by atoms with Gasteiger partial charge in [0.1, 0.15) is 0 Å². The zero-order valence-electron chi connectivity index (χ0n) is 16.4. The van der Waals surface area contributed by atoms with E-state index in [1.54, 1.807) is 0 Å². The van der Waals surface area contributed by atoms with Crippen molar-refractivity contribution in [3.8, 4) is 0 Å². The number of aliphatic hydroxyl groups is 1. The maximum Gasteiger partial charge on any atom is 0.193 e. The largest absolute Gasteiger partial charge is 0.393 e. The summed E-state index contributed by atoms with van der Waals surface area (Å²) in [7, 11) is 0. The van der Waals surface area contributed by atoms with Crippen molar-refractivity contribution in [1.29, 1.82) is 0 Å². The fraction of sp³-hybridized carbons (Fsp3) is 0.947. The Bertz CT molecular complexity index is 384. The molecule has 0 aromatic heterocycles. The molecule has 5 nitrogen and oxygen atoms in total. The Balaban J connectivity index is 0.00000312. The van der Waals surface area contributed by atoms with E-state index in [0.29, 0.717) is 0 Å². The topological polar surface area (TPSA) is 51.1 Å². The maximum atomic E-state index is 9.57. The average Bonchev–Trinajstić information content (AvgIpc) is 2.99. The summed E-state index contributed by atoms with van der Waals surface area (Å²) in [6.45, 7) is 14.1. The van der Waals surface area contributed by atoms with Gasteiger partial charge in [-0.25, -0.2) is 0 Å². The molecule has 0 radical (unpaired) electrons. The summed E-state index contributed by atoms with van der Waals surface area (Å²) in [5.74, 6) is 2.73. The molecule has 0 saturated carbocycles. The Morgan fingerprint density at radius 3 is 2.56 bits per heavy atom. The van der Waals surface area contributed by atoms with Gasteiger partial charge in [-0.15, -0.1) is 24.0 Å². The molecule has 2 N–H and O–H groups in total. The molecular weight excluding hydrogens is 427 g/mol.